The minimum Gasteiger partial charge on any atom is -0.481 e. The molecule has 2 N–H and O–H groups in total. The molecule has 1 fully saturated rings. The van der Waals surface area contributed by atoms with Gasteiger partial charge in [0.1, 0.15) is 5.60 Å². The van der Waals surface area contributed by atoms with E-state index in [2.05, 4.69) is 12.2 Å². The van der Waals surface area contributed by atoms with Gasteiger partial charge in [0.15, 0.2) is 0 Å². The maximum Gasteiger partial charge on any atom is 0.407 e. The van der Waals surface area contributed by atoms with Gasteiger partial charge in [0.05, 0.1) is 6.42 Å². The lowest BCUT2D eigenvalue weighted by atomic mass is 9.78. The quantitative estimate of drug-likeness (QED) is 0.831. The van der Waals surface area contributed by atoms with Crippen LogP contribution < -0.4 is 5.32 Å². The molecule has 0 aromatic heterocycles. The zero-order valence-electron chi connectivity index (χ0n) is 12.9. The molecule has 1 atom stereocenters. The molecule has 20 heavy (non-hydrogen) atoms. The third-order valence-electron chi connectivity index (χ3n) is 3.73. The summed E-state index contributed by atoms with van der Waals surface area (Å²) in [6.45, 7) is 7.59. The fraction of sp³-hybridized carbons (Fsp3) is 0.867. The molecule has 0 bridgehead atoms. The van der Waals surface area contributed by atoms with Crippen molar-refractivity contribution in [2.45, 2.75) is 71.4 Å². The average molecular weight is 285 g/mol. The van der Waals surface area contributed by atoms with Gasteiger partial charge < -0.3 is 15.2 Å². The Morgan fingerprint density at radius 3 is 2.25 bits per heavy atom. The van der Waals surface area contributed by atoms with E-state index < -0.39 is 17.7 Å². The van der Waals surface area contributed by atoms with Crippen molar-refractivity contribution in [2.24, 2.45) is 11.8 Å². The summed E-state index contributed by atoms with van der Waals surface area (Å²) in [5.74, 6) is 0.0396. The Labute approximate surface area is 121 Å². The Balaban J connectivity index is 2.60. The zero-order chi connectivity index (χ0) is 15.3. The normalized spacial score (nSPS) is 24.8. The second-order valence-electron chi connectivity index (χ2n) is 6.87. The van der Waals surface area contributed by atoms with Crippen molar-refractivity contribution in [1.82, 2.24) is 5.32 Å². The molecule has 1 saturated carbocycles. The summed E-state index contributed by atoms with van der Waals surface area (Å²) in [5, 5.41) is 11.8. The van der Waals surface area contributed by atoms with Gasteiger partial charge in [-0.25, -0.2) is 4.79 Å². The maximum absolute atomic E-state index is 11.8. The summed E-state index contributed by atoms with van der Waals surface area (Å²) >= 11 is 0. The second-order valence-corrected chi connectivity index (χ2v) is 6.87. The Hall–Kier alpha value is -1.26. The van der Waals surface area contributed by atoms with Crippen molar-refractivity contribution >= 4 is 12.1 Å². The number of aliphatic carboxylic acids is 1. The first kappa shape index (κ1) is 16.8. The molecule has 1 amide bonds. The first-order valence-corrected chi connectivity index (χ1v) is 7.38. The third kappa shape index (κ3) is 6.26. The SMILES string of the molecule is CC1CCC([C@H](CC(=O)O)NC(=O)OC(C)(C)C)CC1. The summed E-state index contributed by atoms with van der Waals surface area (Å²) in [5.41, 5.74) is -0.571. The predicted octanol–water partition coefficient (Wildman–Crippen LogP) is 3.18. The highest BCUT2D eigenvalue weighted by Crippen LogP contribution is 2.31. The molecule has 0 spiro atoms. The number of hydrogen-bond donors (Lipinski definition) is 2. The number of hydrogen-bond acceptors (Lipinski definition) is 3. The van der Waals surface area contributed by atoms with Crippen LogP contribution in [0, 0.1) is 11.8 Å². The number of ether oxygens (including phenoxy) is 1. The molecule has 0 heterocycles. The fourth-order valence-corrected chi connectivity index (χ4v) is 2.67. The van der Waals surface area contributed by atoms with Crippen LogP contribution in [0.25, 0.3) is 0 Å². The molecule has 116 valence electrons. The van der Waals surface area contributed by atoms with Gasteiger partial charge in [0.2, 0.25) is 0 Å². The number of carboxylic acid groups (broad SMARTS) is 1. The molecule has 0 unspecified atom stereocenters. The first-order valence-electron chi connectivity index (χ1n) is 7.38. The topological polar surface area (TPSA) is 75.6 Å². The lowest BCUT2D eigenvalue weighted by Crippen LogP contribution is -2.45. The molecular formula is C15H27NO4. The van der Waals surface area contributed by atoms with Crippen LogP contribution in [-0.4, -0.2) is 28.8 Å². The molecule has 1 aliphatic carbocycles. The van der Waals surface area contributed by atoms with Crippen LogP contribution in [-0.2, 0) is 9.53 Å². The molecule has 1 aliphatic rings. The number of rotatable bonds is 4. The van der Waals surface area contributed by atoms with E-state index in [4.69, 9.17) is 9.84 Å². The molecule has 0 aromatic rings. The Morgan fingerprint density at radius 2 is 1.80 bits per heavy atom. The Morgan fingerprint density at radius 1 is 1.25 bits per heavy atom. The highest BCUT2D eigenvalue weighted by molar-refractivity contribution is 5.71. The molecule has 0 saturated heterocycles. The number of carbonyl (C=O) groups is 2. The van der Waals surface area contributed by atoms with Crippen LogP contribution in [0.1, 0.15) is 59.8 Å². The molecule has 0 radical (unpaired) electrons. The van der Waals surface area contributed by atoms with E-state index in [9.17, 15) is 9.59 Å². The lowest BCUT2D eigenvalue weighted by Gasteiger charge is -2.33. The van der Waals surface area contributed by atoms with Crippen molar-refractivity contribution < 1.29 is 19.4 Å². The van der Waals surface area contributed by atoms with Gasteiger partial charge in [-0.05, 0) is 45.4 Å². The smallest absolute Gasteiger partial charge is 0.407 e. The van der Waals surface area contributed by atoms with Crippen LogP contribution >= 0.6 is 0 Å². The van der Waals surface area contributed by atoms with E-state index in [1.54, 1.807) is 20.8 Å². The van der Waals surface area contributed by atoms with Crippen LogP contribution in [0.4, 0.5) is 4.79 Å². The minimum atomic E-state index is -0.885. The van der Waals surface area contributed by atoms with E-state index in [1.165, 1.54) is 0 Å². The van der Waals surface area contributed by atoms with Gasteiger partial charge >= 0.3 is 12.1 Å². The number of carboxylic acids is 1. The number of carbonyl (C=O) groups excluding carboxylic acids is 1. The summed E-state index contributed by atoms with van der Waals surface area (Å²) in [4.78, 5) is 22.8. The van der Waals surface area contributed by atoms with Gasteiger partial charge in [0, 0.05) is 6.04 Å². The fourth-order valence-electron chi connectivity index (χ4n) is 2.67. The van der Waals surface area contributed by atoms with E-state index >= 15 is 0 Å². The number of amides is 1. The highest BCUT2D eigenvalue weighted by Gasteiger charge is 2.30. The standard InChI is InChI=1S/C15H27NO4/c1-10-5-7-11(8-6-10)12(9-13(17)18)16-14(19)20-15(2,3)4/h10-12H,5-9H2,1-4H3,(H,16,19)(H,17,18)/t10?,11?,12-/m0/s1. The van der Waals surface area contributed by atoms with E-state index in [0.717, 1.165) is 25.7 Å². The predicted molar refractivity (Wildman–Crippen MR) is 76.5 cm³/mol. The van der Waals surface area contributed by atoms with Crippen molar-refractivity contribution in [3.8, 4) is 0 Å². The highest BCUT2D eigenvalue weighted by atomic mass is 16.6. The van der Waals surface area contributed by atoms with Gasteiger partial charge in [-0.2, -0.15) is 0 Å². The second kappa shape index (κ2) is 6.95. The summed E-state index contributed by atoms with van der Waals surface area (Å²) in [7, 11) is 0. The van der Waals surface area contributed by atoms with Crippen molar-refractivity contribution in [2.75, 3.05) is 0 Å². The van der Waals surface area contributed by atoms with Crippen molar-refractivity contribution in [1.29, 1.82) is 0 Å². The summed E-state index contributed by atoms with van der Waals surface area (Å²) in [6, 6.07) is -0.338. The van der Waals surface area contributed by atoms with Gasteiger partial charge in [-0.15, -0.1) is 0 Å². The molecular weight excluding hydrogens is 258 g/mol. The molecule has 0 aromatic carbocycles. The summed E-state index contributed by atoms with van der Waals surface area (Å²) < 4.78 is 5.22. The van der Waals surface area contributed by atoms with Gasteiger partial charge in [0.25, 0.3) is 0 Å². The lowest BCUT2D eigenvalue weighted by molar-refractivity contribution is -0.137. The zero-order valence-corrected chi connectivity index (χ0v) is 12.9. The van der Waals surface area contributed by atoms with E-state index in [1.807, 2.05) is 0 Å². The number of alkyl carbamates (subject to hydrolysis) is 1. The molecule has 0 aliphatic heterocycles. The Kier molecular flexibility index (Phi) is 5.84. The largest absolute Gasteiger partial charge is 0.481 e. The molecule has 5 heteroatoms. The van der Waals surface area contributed by atoms with Crippen LogP contribution in [0.2, 0.25) is 0 Å². The minimum absolute atomic E-state index is 0.0434. The van der Waals surface area contributed by atoms with Gasteiger partial charge in [-0.1, -0.05) is 19.8 Å². The maximum atomic E-state index is 11.8. The van der Waals surface area contributed by atoms with Crippen molar-refractivity contribution in [3.05, 3.63) is 0 Å². The van der Waals surface area contributed by atoms with Crippen LogP contribution in [0.15, 0.2) is 0 Å². The van der Waals surface area contributed by atoms with E-state index in [0.29, 0.717) is 5.92 Å². The van der Waals surface area contributed by atoms with Crippen molar-refractivity contribution in [3.63, 3.8) is 0 Å². The van der Waals surface area contributed by atoms with Crippen LogP contribution in [0.3, 0.4) is 0 Å². The average Bonchev–Trinajstić information content (AvgIpc) is 2.25. The molecule has 1 rings (SSSR count). The van der Waals surface area contributed by atoms with Gasteiger partial charge in [-0.3, -0.25) is 4.79 Å². The van der Waals surface area contributed by atoms with E-state index in [-0.39, 0.29) is 18.4 Å². The number of nitrogens with one attached hydrogen (secondary N) is 1. The molecule has 5 nitrogen and oxygen atoms in total. The van der Waals surface area contributed by atoms with Crippen LogP contribution in [0.5, 0.6) is 0 Å². The Bertz CT molecular complexity index is 340. The first-order chi connectivity index (χ1) is 9.17. The summed E-state index contributed by atoms with van der Waals surface area (Å²) in [6.07, 6.45) is 3.55. The third-order valence-corrected chi connectivity index (χ3v) is 3.73. The monoisotopic (exact) mass is 285 g/mol.